The monoisotopic (exact) mass is 238 g/mol. The standard InChI is InChI=1S/C12H18N2OS/c1-3-10-8-16-12(14-10)13-9(2)7-11-5-4-6-15-11/h4-6,9-10H,3,7-8H2,1-2H3,(H,13,14). The fraction of sp³-hybridized carbons (Fsp3) is 0.583. The number of aliphatic imine (C=N–C) groups is 1. The summed E-state index contributed by atoms with van der Waals surface area (Å²) in [6.45, 7) is 4.34. The number of nitrogens with zero attached hydrogens (tertiary/aromatic N) is 1. The maximum Gasteiger partial charge on any atom is 0.157 e. The lowest BCUT2D eigenvalue weighted by Gasteiger charge is -2.12. The van der Waals surface area contributed by atoms with Gasteiger partial charge in [-0.1, -0.05) is 18.7 Å². The molecule has 3 nitrogen and oxygen atoms in total. The van der Waals surface area contributed by atoms with E-state index in [9.17, 15) is 0 Å². The quantitative estimate of drug-likeness (QED) is 0.876. The SMILES string of the molecule is CCC1CSC(NC(C)Cc2ccco2)=N1. The highest BCUT2D eigenvalue weighted by Gasteiger charge is 2.17. The molecule has 0 saturated carbocycles. The van der Waals surface area contributed by atoms with Crippen LogP contribution >= 0.6 is 11.8 Å². The molecule has 2 rings (SSSR count). The predicted molar refractivity (Wildman–Crippen MR) is 69.0 cm³/mol. The van der Waals surface area contributed by atoms with E-state index in [2.05, 4.69) is 24.2 Å². The van der Waals surface area contributed by atoms with E-state index in [0.717, 1.165) is 29.5 Å². The number of thioether (sulfide) groups is 1. The van der Waals surface area contributed by atoms with Gasteiger partial charge in [0.05, 0.1) is 12.3 Å². The van der Waals surface area contributed by atoms with Gasteiger partial charge in [0, 0.05) is 18.2 Å². The number of nitrogens with one attached hydrogen (secondary N) is 1. The van der Waals surface area contributed by atoms with Crippen molar-refractivity contribution in [3.8, 4) is 0 Å². The third kappa shape index (κ3) is 3.04. The Labute approximate surface area is 101 Å². The van der Waals surface area contributed by atoms with Crippen molar-refractivity contribution in [1.29, 1.82) is 0 Å². The second kappa shape index (κ2) is 5.43. The van der Waals surface area contributed by atoms with Crippen molar-refractivity contribution < 1.29 is 4.42 Å². The van der Waals surface area contributed by atoms with E-state index in [0.29, 0.717) is 12.1 Å². The molecule has 1 aliphatic rings. The van der Waals surface area contributed by atoms with Gasteiger partial charge in [-0.3, -0.25) is 4.99 Å². The minimum Gasteiger partial charge on any atom is -0.469 e. The highest BCUT2D eigenvalue weighted by Crippen LogP contribution is 2.19. The zero-order valence-electron chi connectivity index (χ0n) is 9.77. The highest BCUT2D eigenvalue weighted by molar-refractivity contribution is 8.14. The molecule has 0 fully saturated rings. The number of hydrogen-bond acceptors (Lipinski definition) is 4. The number of furan rings is 1. The van der Waals surface area contributed by atoms with Gasteiger partial charge in [0.1, 0.15) is 5.76 Å². The van der Waals surface area contributed by atoms with Gasteiger partial charge in [0.15, 0.2) is 5.17 Å². The van der Waals surface area contributed by atoms with Crippen molar-refractivity contribution in [1.82, 2.24) is 5.32 Å². The fourth-order valence-corrected chi connectivity index (χ4v) is 2.86. The van der Waals surface area contributed by atoms with Gasteiger partial charge >= 0.3 is 0 Å². The Balaban J connectivity index is 1.81. The zero-order valence-corrected chi connectivity index (χ0v) is 10.6. The minimum absolute atomic E-state index is 0.369. The molecule has 1 N–H and O–H groups in total. The van der Waals surface area contributed by atoms with E-state index in [1.54, 1.807) is 6.26 Å². The van der Waals surface area contributed by atoms with E-state index in [-0.39, 0.29) is 0 Å². The van der Waals surface area contributed by atoms with Crippen molar-refractivity contribution >= 4 is 16.9 Å². The summed E-state index contributed by atoms with van der Waals surface area (Å²) in [4.78, 5) is 4.61. The van der Waals surface area contributed by atoms with Crippen molar-refractivity contribution in [3.05, 3.63) is 24.2 Å². The van der Waals surface area contributed by atoms with Crippen LogP contribution in [0.4, 0.5) is 0 Å². The summed E-state index contributed by atoms with van der Waals surface area (Å²) in [6, 6.07) is 4.81. The molecule has 2 atom stereocenters. The van der Waals surface area contributed by atoms with Gasteiger partial charge < -0.3 is 9.73 Å². The lowest BCUT2D eigenvalue weighted by molar-refractivity contribution is 0.482. The van der Waals surface area contributed by atoms with E-state index in [1.165, 1.54) is 0 Å². The largest absolute Gasteiger partial charge is 0.469 e. The lowest BCUT2D eigenvalue weighted by atomic mass is 10.2. The summed E-state index contributed by atoms with van der Waals surface area (Å²) >= 11 is 1.82. The van der Waals surface area contributed by atoms with E-state index >= 15 is 0 Å². The Morgan fingerprint density at radius 3 is 3.19 bits per heavy atom. The third-order valence-corrected chi connectivity index (χ3v) is 3.69. The summed E-state index contributed by atoms with van der Waals surface area (Å²) < 4.78 is 5.32. The summed E-state index contributed by atoms with van der Waals surface area (Å²) in [7, 11) is 0. The summed E-state index contributed by atoms with van der Waals surface area (Å²) in [5.41, 5.74) is 0. The maximum atomic E-state index is 5.32. The smallest absolute Gasteiger partial charge is 0.157 e. The predicted octanol–water partition coefficient (Wildman–Crippen LogP) is 2.68. The Morgan fingerprint density at radius 1 is 1.69 bits per heavy atom. The molecule has 0 aromatic carbocycles. The maximum absolute atomic E-state index is 5.32. The Hall–Kier alpha value is -0.900. The highest BCUT2D eigenvalue weighted by atomic mass is 32.2. The van der Waals surface area contributed by atoms with Crippen LogP contribution in [-0.4, -0.2) is 23.0 Å². The van der Waals surface area contributed by atoms with Crippen molar-refractivity contribution in [2.24, 2.45) is 4.99 Å². The Kier molecular flexibility index (Phi) is 3.93. The molecule has 1 aliphatic heterocycles. The van der Waals surface area contributed by atoms with Crippen LogP contribution in [0.25, 0.3) is 0 Å². The molecular formula is C12H18N2OS. The molecule has 0 aliphatic carbocycles. The van der Waals surface area contributed by atoms with Crippen molar-refractivity contribution in [2.75, 3.05) is 5.75 Å². The van der Waals surface area contributed by atoms with Gasteiger partial charge in [0.25, 0.3) is 0 Å². The topological polar surface area (TPSA) is 37.5 Å². The molecule has 16 heavy (non-hydrogen) atoms. The normalized spacial score (nSPS) is 21.9. The number of amidine groups is 1. The van der Waals surface area contributed by atoms with Crippen LogP contribution in [0.3, 0.4) is 0 Å². The van der Waals surface area contributed by atoms with Gasteiger partial charge in [-0.25, -0.2) is 0 Å². The van der Waals surface area contributed by atoms with Crippen molar-refractivity contribution in [2.45, 2.75) is 38.8 Å². The van der Waals surface area contributed by atoms with Gasteiger partial charge in [-0.05, 0) is 25.5 Å². The van der Waals surface area contributed by atoms with Crippen LogP contribution in [0.1, 0.15) is 26.0 Å². The van der Waals surface area contributed by atoms with Crippen LogP contribution in [0.15, 0.2) is 27.8 Å². The van der Waals surface area contributed by atoms with Crippen LogP contribution in [0.5, 0.6) is 0 Å². The summed E-state index contributed by atoms with van der Waals surface area (Å²) in [5.74, 6) is 2.14. The second-order valence-electron chi connectivity index (χ2n) is 4.14. The first-order valence-electron chi connectivity index (χ1n) is 5.77. The molecule has 0 bridgehead atoms. The molecule has 2 unspecified atom stereocenters. The van der Waals surface area contributed by atoms with E-state index < -0.39 is 0 Å². The van der Waals surface area contributed by atoms with E-state index in [1.807, 2.05) is 23.9 Å². The number of hydrogen-bond donors (Lipinski definition) is 1. The summed E-state index contributed by atoms with van der Waals surface area (Å²) in [5, 5.41) is 4.52. The lowest BCUT2D eigenvalue weighted by Crippen LogP contribution is -2.31. The van der Waals surface area contributed by atoms with Crippen LogP contribution in [-0.2, 0) is 6.42 Å². The first-order valence-corrected chi connectivity index (χ1v) is 6.76. The van der Waals surface area contributed by atoms with E-state index in [4.69, 9.17) is 4.42 Å². The van der Waals surface area contributed by atoms with Crippen LogP contribution in [0.2, 0.25) is 0 Å². The average molecular weight is 238 g/mol. The molecule has 0 radical (unpaired) electrons. The Morgan fingerprint density at radius 2 is 2.56 bits per heavy atom. The molecule has 1 aromatic heterocycles. The zero-order chi connectivity index (χ0) is 11.4. The molecule has 0 spiro atoms. The molecule has 0 saturated heterocycles. The first-order chi connectivity index (χ1) is 7.78. The molecule has 4 heteroatoms. The second-order valence-corrected chi connectivity index (χ2v) is 5.14. The molecular weight excluding hydrogens is 220 g/mol. The summed E-state index contributed by atoms with van der Waals surface area (Å²) in [6.07, 6.45) is 3.76. The molecule has 2 heterocycles. The first kappa shape index (κ1) is 11.6. The van der Waals surface area contributed by atoms with Gasteiger partial charge in [-0.15, -0.1) is 0 Å². The van der Waals surface area contributed by atoms with Crippen LogP contribution in [0, 0.1) is 0 Å². The molecule has 0 amide bonds. The molecule has 1 aromatic rings. The Bertz CT molecular complexity index is 348. The van der Waals surface area contributed by atoms with Crippen LogP contribution < -0.4 is 5.32 Å². The number of rotatable bonds is 4. The van der Waals surface area contributed by atoms with Gasteiger partial charge in [0.2, 0.25) is 0 Å². The third-order valence-electron chi connectivity index (χ3n) is 2.64. The average Bonchev–Trinajstić information content (AvgIpc) is 2.89. The minimum atomic E-state index is 0.369. The van der Waals surface area contributed by atoms with Gasteiger partial charge in [-0.2, -0.15) is 0 Å². The molecule has 88 valence electrons. The van der Waals surface area contributed by atoms with Crippen molar-refractivity contribution in [3.63, 3.8) is 0 Å². The fourth-order valence-electron chi connectivity index (χ4n) is 1.70.